The van der Waals surface area contributed by atoms with Gasteiger partial charge in [0.05, 0.1) is 6.42 Å². The molecule has 2 aromatic carbocycles. The van der Waals surface area contributed by atoms with Crippen LogP contribution in [0.5, 0.6) is 5.75 Å². The zero-order valence-corrected chi connectivity index (χ0v) is 17.0. The van der Waals surface area contributed by atoms with E-state index in [9.17, 15) is 4.79 Å². The van der Waals surface area contributed by atoms with E-state index in [1.54, 1.807) is 0 Å². The van der Waals surface area contributed by atoms with Crippen LogP contribution in [-0.2, 0) is 17.8 Å². The van der Waals surface area contributed by atoms with Gasteiger partial charge in [0.25, 0.3) is 0 Å². The topological polar surface area (TPSA) is 50.4 Å². The first kappa shape index (κ1) is 21.5. The molecule has 6 heteroatoms. The zero-order chi connectivity index (χ0) is 18.4. The number of hydrogen-bond donors (Lipinski definition) is 2. The molecule has 1 heterocycles. The Morgan fingerprint density at radius 3 is 2.78 bits per heavy atom. The van der Waals surface area contributed by atoms with Crippen LogP contribution in [0.25, 0.3) is 0 Å². The average molecular weight is 409 g/mol. The van der Waals surface area contributed by atoms with Crippen molar-refractivity contribution in [2.45, 2.75) is 44.9 Å². The second kappa shape index (κ2) is 10.5. The summed E-state index contributed by atoms with van der Waals surface area (Å²) < 4.78 is 5.83. The number of piperidine rings is 1. The Labute approximate surface area is 172 Å². The van der Waals surface area contributed by atoms with Gasteiger partial charge in [0.2, 0.25) is 5.91 Å². The maximum atomic E-state index is 12.3. The number of nitrogens with one attached hydrogen (secondary N) is 2. The quantitative estimate of drug-likeness (QED) is 0.754. The minimum Gasteiger partial charge on any atom is -0.489 e. The van der Waals surface area contributed by atoms with Gasteiger partial charge in [-0.1, -0.05) is 35.9 Å². The monoisotopic (exact) mass is 408 g/mol. The molecule has 4 nitrogen and oxygen atoms in total. The molecule has 0 spiro atoms. The van der Waals surface area contributed by atoms with E-state index in [2.05, 4.69) is 17.6 Å². The molecule has 27 heavy (non-hydrogen) atoms. The van der Waals surface area contributed by atoms with Crippen LogP contribution in [0.1, 0.15) is 30.9 Å². The molecule has 2 unspecified atom stereocenters. The lowest BCUT2D eigenvalue weighted by molar-refractivity contribution is -0.121. The molecule has 2 atom stereocenters. The summed E-state index contributed by atoms with van der Waals surface area (Å²) in [5.41, 5.74) is 1.97. The maximum Gasteiger partial charge on any atom is 0.224 e. The summed E-state index contributed by atoms with van der Waals surface area (Å²) in [6.07, 6.45) is 2.33. The predicted octanol–water partition coefficient (Wildman–Crippen LogP) is 4.14. The molecule has 0 aromatic heterocycles. The number of ether oxygens (including phenoxy) is 1. The van der Waals surface area contributed by atoms with Gasteiger partial charge in [0.1, 0.15) is 12.4 Å². The smallest absolute Gasteiger partial charge is 0.224 e. The van der Waals surface area contributed by atoms with E-state index >= 15 is 0 Å². The fraction of sp³-hybridized carbons (Fsp3) is 0.381. The van der Waals surface area contributed by atoms with E-state index in [4.69, 9.17) is 16.3 Å². The molecule has 1 aliphatic heterocycles. The summed E-state index contributed by atoms with van der Waals surface area (Å²) in [5, 5.41) is 7.24. The molecule has 0 radical (unpaired) electrons. The van der Waals surface area contributed by atoms with Gasteiger partial charge in [0.15, 0.2) is 0 Å². The third-order valence-electron chi connectivity index (χ3n) is 4.55. The Morgan fingerprint density at radius 2 is 2.00 bits per heavy atom. The molecule has 2 N–H and O–H groups in total. The van der Waals surface area contributed by atoms with Gasteiger partial charge in [-0.25, -0.2) is 0 Å². The Kier molecular flexibility index (Phi) is 8.42. The molecular weight excluding hydrogens is 383 g/mol. The van der Waals surface area contributed by atoms with Crippen molar-refractivity contribution in [2.75, 3.05) is 6.54 Å². The second-order valence-corrected chi connectivity index (χ2v) is 7.32. The van der Waals surface area contributed by atoms with Gasteiger partial charge < -0.3 is 15.4 Å². The molecule has 146 valence electrons. The average Bonchev–Trinajstić information content (AvgIpc) is 2.60. The third-order valence-corrected chi connectivity index (χ3v) is 4.78. The largest absolute Gasteiger partial charge is 0.489 e. The minimum absolute atomic E-state index is 0. The summed E-state index contributed by atoms with van der Waals surface area (Å²) in [6.45, 7) is 3.56. The van der Waals surface area contributed by atoms with Crippen molar-refractivity contribution in [3.05, 3.63) is 64.7 Å². The first-order valence-corrected chi connectivity index (χ1v) is 9.45. The maximum absolute atomic E-state index is 12.3. The van der Waals surface area contributed by atoms with Crippen LogP contribution in [0.4, 0.5) is 0 Å². The Bertz CT molecular complexity index is 754. The lowest BCUT2D eigenvalue weighted by Gasteiger charge is -2.28. The van der Waals surface area contributed by atoms with Crippen molar-refractivity contribution >= 4 is 29.9 Å². The van der Waals surface area contributed by atoms with Crippen molar-refractivity contribution in [1.82, 2.24) is 10.6 Å². The highest BCUT2D eigenvalue weighted by atomic mass is 35.5. The molecule has 0 saturated carbocycles. The molecule has 0 bridgehead atoms. The standard InChI is InChI=1S/C21H25ClN2O2.ClH/c1-15-10-19(8-9-23-15)24-21(25)13-16-4-3-7-20(12-16)26-14-17-5-2-6-18(22)11-17;/h2-7,11-12,15,19,23H,8-10,13-14H2,1H3,(H,24,25);1H. The van der Waals surface area contributed by atoms with Crippen LogP contribution in [0.3, 0.4) is 0 Å². The molecule has 3 rings (SSSR count). The van der Waals surface area contributed by atoms with Gasteiger partial charge in [0, 0.05) is 17.1 Å². The van der Waals surface area contributed by atoms with Gasteiger partial charge in [-0.05, 0) is 61.7 Å². The fourth-order valence-corrected chi connectivity index (χ4v) is 3.48. The second-order valence-electron chi connectivity index (χ2n) is 6.89. The normalized spacial score (nSPS) is 19.0. The highest BCUT2D eigenvalue weighted by Crippen LogP contribution is 2.17. The summed E-state index contributed by atoms with van der Waals surface area (Å²) in [7, 11) is 0. The number of amides is 1. The predicted molar refractivity (Wildman–Crippen MR) is 112 cm³/mol. The Balaban J connectivity index is 0.00000261. The van der Waals surface area contributed by atoms with Crippen LogP contribution in [0, 0.1) is 0 Å². The SMILES string of the molecule is CC1CC(NC(=O)Cc2cccc(OCc3cccc(Cl)c3)c2)CCN1.Cl. The van der Waals surface area contributed by atoms with Crippen LogP contribution in [0.15, 0.2) is 48.5 Å². The lowest BCUT2D eigenvalue weighted by atomic mass is 10.0. The van der Waals surface area contributed by atoms with Crippen molar-refractivity contribution in [3.63, 3.8) is 0 Å². The number of benzene rings is 2. The van der Waals surface area contributed by atoms with Gasteiger partial charge in [-0.3, -0.25) is 4.79 Å². The molecule has 0 aliphatic carbocycles. The first-order valence-electron chi connectivity index (χ1n) is 9.07. The van der Waals surface area contributed by atoms with Crippen molar-refractivity contribution in [1.29, 1.82) is 0 Å². The van der Waals surface area contributed by atoms with Crippen LogP contribution in [-0.4, -0.2) is 24.5 Å². The summed E-state index contributed by atoms with van der Waals surface area (Å²) in [5.74, 6) is 0.821. The molecule has 1 fully saturated rings. The highest BCUT2D eigenvalue weighted by Gasteiger charge is 2.19. The van der Waals surface area contributed by atoms with E-state index in [1.165, 1.54) is 0 Å². The van der Waals surface area contributed by atoms with Gasteiger partial charge in [-0.15, -0.1) is 12.4 Å². The first-order chi connectivity index (χ1) is 12.6. The summed E-state index contributed by atoms with van der Waals surface area (Å²) in [6, 6.07) is 16.0. The number of carbonyl (C=O) groups excluding carboxylic acids is 1. The molecule has 1 aliphatic rings. The van der Waals surface area contributed by atoms with Crippen LogP contribution >= 0.6 is 24.0 Å². The summed E-state index contributed by atoms with van der Waals surface area (Å²) >= 11 is 5.99. The lowest BCUT2D eigenvalue weighted by Crippen LogP contribution is -2.46. The number of hydrogen-bond acceptors (Lipinski definition) is 3. The summed E-state index contributed by atoms with van der Waals surface area (Å²) in [4.78, 5) is 12.3. The molecule has 1 saturated heterocycles. The van der Waals surface area contributed by atoms with E-state index in [-0.39, 0.29) is 24.4 Å². The van der Waals surface area contributed by atoms with Crippen LogP contribution in [0.2, 0.25) is 5.02 Å². The number of rotatable bonds is 6. The van der Waals surface area contributed by atoms with E-state index < -0.39 is 0 Å². The van der Waals surface area contributed by atoms with Gasteiger partial charge in [-0.2, -0.15) is 0 Å². The zero-order valence-electron chi connectivity index (χ0n) is 15.4. The van der Waals surface area contributed by atoms with Crippen molar-refractivity contribution < 1.29 is 9.53 Å². The highest BCUT2D eigenvalue weighted by molar-refractivity contribution is 6.30. The van der Waals surface area contributed by atoms with Crippen molar-refractivity contribution in [3.8, 4) is 5.75 Å². The number of halogens is 2. The van der Waals surface area contributed by atoms with E-state index in [1.807, 2.05) is 48.5 Å². The van der Waals surface area contributed by atoms with E-state index in [0.717, 1.165) is 36.3 Å². The molecule has 2 aromatic rings. The number of carbonyl (C=O) groups is 1. The Hall–Kier alpha value is -1.75. The Morgan fingerprint density at radius 1 is 1.22 bits per heavy atom. The van der Waals surface area contributed by atoms with E-state index in [0.29, 0.717) is 24.1 Å². The van der Waals surface area contributed by atoms with Crippen LogP contribution < -0.4 is 15.4 Å². The minimum atomic E-state index is 0. The van der Waals surface area contributed by atoms with Gasteiger partial charge >= 0.3 is 0 Å². The molecular formula is C21H26Cl2N2O2. The molecule has 1 amide bonds. The van der Waals surface area contributed by atoms with Crippen molar-refractivity contribution in [2.24, 2.45) is 0 Å². The third kappa shape index (κ3) is 7.06. The fourth-order valence-electron chi connectivity index (χ4n) is 3.27.